The summed E-state index contributed by atoms with van der Waals surface area (Å²) in [5, 5.41) is 16.3. The van der Waals surface area contributed by atoms with Crippen molar-refractivity contribution in [3.8, 4) is 0 Å². The third kappa shape index (κ3) is 8.81. The predicted octanol–water partition coefficient (Wildman–Crippen LogP) is 3.49. The average molecular weight is 565 g/mol. The second-order valence-electron chi connectivity index (χ2n) is 9.16. The van der Waals surface area contributed by atoms with E-state index in [1.165, 1.54) is 0 Å². The largest absolute Gasteiger partial charge is 0.490 e. The highest BCUT2D eigenvalue weighted by atomic mass is 19.4. The molecule has 0 aliphatic carbocycles. The van der Waals surface area contributed by atoms with E-state index in [1.807, 2.05) is 13.0 Å². The first-order valence-corrected chi connectivity index (χ1v) is 12.1. The molecule has 0 spiro atoms. The number of halogens is 6. The quantitative estimate of drug-likeness (QED) is 0.402. The van der Waals surface area contributed by atoms with Gasteiger partial charge in [0.2, 0.25) is 5.95 Å². The van der Waals surface area contributed by atoms with Crippen molar-refractivity contribution in [1.82, 2.24) is 25.2 Å². The van der Waals surface area contributed by atoms with Crippen molar-refractivity contribution in [3.05, 3.63) is 29.6 Å². The van der Waals surface area contributed by atoms with Crippen LogP contribution in [-0.4, -0.2) is 89.5 Å². The van der Waals surface area contributed by atoms with Gasteiger partial charge in [-0.1, -0.05) is 0 Å². The van der Waals surface area contributed by atoms with E-state index in [0.717, 1.165) is 69.7 Å². The lowest BCUT2D eigenvalue weighted by Gasteiger charge is -2.34. The summed E-state index contributed by atoms with van der Waals surface area (Å²) in [6.45, 7) is 7.23. The van der Waals surface area contributed by atoms with E-state index >= 15 is 0 Å². The number of piperazine rings is 1. The molecule has 2 aromatic heterocycles. The maximum absolute atomic E-state index is 13.6. The van der Waals surface area contributed by atoms with Crippen LogP contribution in [0.4, 0.5) is 49.6 Å². The van der Waals surface area contributed by atoms with Crippen LogP contribution in [0, 0.1) is 6.92 Å². The number of carboxylic acid groups (broad SMARTS) is 1. The summed E-state index contributed by atoms with van der Waals surface area (Å²) in [7, 11) is 2.09. The van der Waals surface area contributed by atoms with Gasteiger partial charge in [-0.15, -0.1) is 0 Å². The second-order valence-corrected chi connectivity index (χ2v) is 9.16. The van der Waals surface area contributed by atoms with Crippen molar-refractivity contribution in [2.24, 2.45) is 0 Å². The van der Waals surface area contributed by atoms with Crippen LogP contribution in [0.2, 0.25) is 0 Å². The van der Waals surface area contributed by atoms with Crippen molar-refractivity contribution in [2.45, 2.75) is 38.2 Å². The Kier molecular flexibility index (Phi) is 9.77. The van der Waals surface area contributed by atoms with E-state index in [2.05, 4.69) is 47.7 Å². The second kappa shape index (κ2) is 12.6. The summed E-state index contributed by atoms with van der Waals surface area (Å²) in [5.74, 6) is -2.58. The zero-order valence-corrected chi connectivity index (χ0v) is 21.3. The molecule has 2 saturated heterocycles. The summed E-state index contributed by atoms with van der Waals surface area (Å²) in [5.41, 5.74) is 0.829. The number of carboxylic acids is 1. The SMILES string of the molecule is Cc1nc(Nc2nc(N[C@H]3CCCNC3)ncc2C(F)(F)F)ccc1N1CCN(C)CC1.O=C(O)C(F)(F)F. The number of aryl methyl sites for hydroxylation is 1. The van der Waals surface area contributed by atoms with Crippen LogP contribution >= 0.6 is 0 Å². The number of hydrogen-bond donors (Lipinski definition) is 4. The predicted molar refractivity (Wildman–Crippen MR) is 132 cm³/mol. The Morgan fingerprint density at radius 1 is 1.10 bits per heavy atom. The van der Waals surface area contributed by atoms with Crippen molar-refractivity contribution in [2.75, 3.05) is 61.8 Å². The van der Waals surface area contributed by atoms with Crippen molar-refractivity contribution in [3.63, 3.8) is 0 Å². The van der Waals surface area contributed by atoms with E-state index in [4.69, 9.17) is 9.90 Å². The van der Waals surface area contributed by atoms with Crippen LogP contribution in [0.15, 0.2) is 18.3 Å². The average Bonchev–Trinajstić information content (AvgIpc) is 2.85. The van der Waals surface area contributed by atoms with Crippen LogP contribution in [0.5, 0.6) is 0 Å². The lowest BCUT2D eigenvalue weighted by atomic mass is 10.1. The van der Waals surface area contributed by atoms with Crippen LogP contribution in [0.25, 0.3) is 0 Å². The number of rotatable bonds is 5. The first-order valence-electron chi connectivity index (χ1n) is 12.1. The van der Waals surface area contributed by atoms with Gasteiger partial charge in [0.15, 0.2) is 0 Å². The van der Waals surface area contributed by atoms with Gasteiger partial charge in [-0.25, -0.2) is 14.8 Å². The molecule has 216 valence electrons. The summed E-state index contributed by atoms with van der Waals surface area (Å²) in [6.07, 6.45) is -6.94. The fourth-order valence-electron chi connectivity index (χ4n) is 4.04. The molecule has 2 aliphatic rings. The molecule has 1 atom stereocenters. The molecule has 2 aliphatic heterocycles. The maximum Gasteiger partial charge on any atom is 0.490 e. The molecular weight excluding hydrogens is 534 g/mol. The molecule has 0 radical (unpaired) electrons. The zero-order chi connectivity index (χ0) is 28.8. The van der Waals surface area contributed by atoms with Crippen LogP contribution in [0.3, 0.4) is 0 Å². The van der Waals surface area contributed by atoms with Crippen LogP contribution < -0.4 is 20.9 Å². The normalized spacial score (nSPS) is 18.7. The number of piperidine rings is 1. The summed E-state index contributed by atoms with van der Waals surface area (Å²) < 4.78 is 72.5. The highest BCUT2D eigenvalue weighted by molar-refractivity contribution is 5.73. The lowest BCUT2D eigenvalue weighted by molar-refractivity contribution is -0.192. The Hall–Kier alpha value is -3.40. The number of carbonyl (C=O) groups is 1. The molecule has 4 N–H and O–H groups in total. The lowest BCUT2D eigenvalue weighted by Crippen LogP contribution is -2.44. The van der Waals surface area contributed by atoms with Crippen LogP contribution in [0.1, 0.15) is 24.1 Å². The zero-order valence-electron chi connectivity index (χ0n) is 21.3. The number of alkyl halides is 6. The highest BCUT2D eigenvalue weighted by Gasteiger charge is 2.38. The number of hydrogen-bond acceptors (Lipinski definition) is 9. The molecule has 10 nitrogen and oxygen atoms in total. The summed E-state index contributed by atoms with van der Waals surface area (Å²) >= 11 is 0. The van der Waals surface area contributed by atoms with E-state index in [9.17, 15) is 26.3 Å². The molecule has 0 saturated carbocycles. The van der Waals surface area contributed by atoms with Gasteiger partial charge >= 0.3 is 18.3 Å². The van der Waals surface area contributed by atoms with Crippen molar-refractivity contribution in [1.29, 1.82) is 0 Å². The first kappa shape index (κ1) is 30.1. The molecule has 4 rings (SSSR count). The van der Waals surface area contributed by atoms with Gasteiger partial charge < -0.3 is 30.9 Å². The molecule has 0 bridgehead atoms. The number of pyridine rings is 1. The number of anilines is 4. The van der Waals surface area contributed by atoms with Gasteiger partial charge in [0.05, 0.1) is 11.4 Å². The molecule has 0 aromatic carbocycles. The molecule has 16 heteroatoms. The van der Waals surface area contributed by atoms with Crippen molar-refractivity contribution < 1.29 is 36.2 Å². The van der Waals surface area contributed by atoms with Gasteiger partial charge in [-0.05, 0) is 45.5 Å². The number of aliphatic carboxylic acids is 1. The Balaban J connectivity index is 0.000000532. The molecule has 4 heterocycles. The Bertz CT molecular complexity index is 1120. The molecule has 39 heavy (non-hydrogen) atoms. The number of aromatic nitrogens is 3. The molecule has 2 aromatic rings. The Labute approximate surface area is 220 Å². The third-order valence-corrected chi connectivity index (χ3v) is 6.12. The Morgan fingerprint density at radius 3 is 2.31 bits per heavy atom. The minimum absolute atomic E-state index is 0.0802. The number of likely N-dealkylation sites (N-methyl/N-ethyl adjacent to an activating group) is 1. The molecule has 0 amide bonds. The minimum Gasteiger partial charge on any atom is -0.475 e. The Morgan fingerprint density at radius 2 is 1.77 bits per heavy atom. The summed E-state index contributed by atoms with van der Waals surface area (Å²) in [4.78, 5) is 26.0. The third-order valence-electron chi connectivity index (χ3n) is 6.12. The van der Waals surface area contributed by atoms with Gasteiger partial charge in [-0.3, -0.25) is 0 Å². The maximum atomic E-state index is 13.6. The molecular formula is C23H30F6N8O2. The molecule has 2 fully saturated rings. The number of nitrogens with one attached hydrogen (secondary N) is 3. The van der Waals surface area contributed by atoms with Gasteiger partial charge in [-0.2, -0.15) is 31.3 Å². The van der Waals surface area contributed by atoms with Gasteiger partial charge in [0.25, 0.3) is 0 Å². The van der Waals surface area contributed by atoms with E-state index in [1.54, 1.807) is 6.07 Å². The standard InChI is InChI=1S/C21H29F3N8.C2HF3O2/c1-14-17(32-10-8-31(2)9-11-32)5-6-18(27-14)29-19-16(21(22,23)24)13-26-20(30-19)28-15-4-3-7-25-12-15;3-2(4,5)1(6)7/h5-6,13,15,25H,3-4,7-12H2,1-2H3,(H2,26,27,28,29,30);(H,6,7)/t15-;/m0./s1. The topological polar surface area (TPSA) is 119 Å². The highest BCUT2D eigenvalue weighted by Crippen LogP contribution is 2.35. The fraction of sp³-hybridized carbons (Fsp3) is 0.565. The monoisotopic (exact) mass is 564 g/mol. The molecule has 0 unspecified atom stereocenters. The van der Waals surface area contributed by atoms with E-state index in [-0.39, 0.29) is 17.8 Å². The van der Waals surface area contributed by atoms with Gasteiger partial charge in [0.1, 0.15) is 17.2 Å². The van der Waals surface area contributed by atoms with Crippen molar-refractivity contribution >= 4 is 29.2 Å². The van der Waals surface area contributed by atoms with Gasteiger partial charge in [0, 0.05) is 45.0 Å². The van der Waals surface area contributed by atoms with E-state index in [0.29, 0.717) is 5.82 Å². The smallest absolute Gasteiger partial charge is 0.475 e. The van der Waals surface area contributed by atoms with E-state index < -0.39 is 23.9 Å². The fourth-order valence-corrected chi connectivity index (χ4v) is 4.04. The number of nitrogens with zero attached hydrogens (tertiary/aromatic N) is 5. The minimum atomic E-state index is -5.08. The first-order chi connectivity index (χ1) is 18.2. The van der Waals surface area contributed by atoms with Crippen LogP contribution in [-0.2, 0) is 11.0 Å². The summed E-state index contributed by atoms with van der Waals surface area (Å²) in [6, 6.07) is 3.68.